The molecule has 1 amide bonds. The number of methoxy groups -OCH3 is 1. The summed E-state index contributed by atoms with van der Waals surface area (Å²) in [5.41, 5.74) is 0. The molecule has 1 aromatic rings. The maximum Gasteiger partial charge on any atom is 0.326 e. The van der Waals surface area contributed by atoms with Crippen molar-refractivity contribution in [2.45, 2.75) is 25.8 Å². The van der Waals surface area contributed by atoms with Crippen molar-refractivity contribution in [2.24, 2.45) is 0 Å². The second-order valence-electron chi connectivity index (χ2n) is 3.50. The van der Waals surface area contributed by atoms with Crippen LogP contribution in [0.4, 0.5) is 0 Å². The summed E-state index contributed by atoms with van der Waals surface area (Å²) in [6, 6.07) is 0.755. The molecule has 0 saturated carbocycles. The highest BCUT2D eigenvalue weighted by Gasteiger charge is 2.20. The molecule has 6 heteroatoms. The van der Waals surface area contributed by atoms with Gasteiger partial charge in [-0.05, 0) is 6.42 Å². The number of amides is 1. The van der Waals surface area contributed by atoms with E-state index < -0.39 is 12.0 Å². The van der Waals surface area contributed by atoms with E-state index in [0.29, 0.717) is 23.5 Å². The minimum Gasteiger partial charge on any atom is -0.496 e. The summed E-state index contributed by atoms with van der Waals surface area (Å²) in [5, 5.41) is 13.1. The number of carboxylic acid groups (broad SMARTS) is 1. The molecular weight excluding hydrogens is 242 g/mol. The van der Waals surface area contributed by atoms with Crippen molar-refractivity contribution in [1.29, 1.82) is 0 Å². The largest absolute Gasteiger partial charge is 0.496 e. The molecule has 0 fully saturated rings. The quantitative estimate of drug-likeness (QED) is 0.814. The fraction of sp³-hybridized carbons (Fsp3) is 0.455. The van der Waals surface area contributed by atoms with Crippen LogP contribution in [0.3, 0.4) is 0 Å². The smallest absolute Gasteiger partial charge is 0.326 e. The Hall–Kier alpha value is -1.56. The van der Waals surface area contributed by atoms with Gasteiger partial charge in [-0.3, -0.25) is 4.79 Å². The van der Waals surface area contributed by atoms with Gasteiger partial charge in [0, 0.05) is 11.4 Å². The van der Waals surface area contributed by atoms with Crippen molar-refractivity contribution < 1.29 is 19.4 Å². The van der Waals surface area contributed by atoms with Crippen LogP contribution < -0.4 is 10.1 Å². The first-order valence-electron chi connectivity index (χ1n) is 5.24. The van der Waals surface area contributed by atoms with Crippen LogP contribution in [0, 0.1) is 0 Å². The third-order valence-electron chi connectivity index (χ3n) is 2.22. The SMILES string of the molecule is CCCC(NC(=O)c1cc(OC)cs1)C(=O)O. The number of hydrogen-bond donors (Lipinski definition) is 2. The highest BCUT2D eigenvalue weighted by atomic mass is 32.1. The zero-order valence-electron chi connectivity index (χ0n) is 9.73. The number of rotatable bonds is 6. The zero-order chi connectivity index (χ0) is 12.8. The van der Waals surface area contributed by atoms with Crippen molar-refractivity contribution in [1.82, 2.24) is 5.32 Å². The molecule has 1 rings (SSSR count). The van der Waals surface area contributed by atoms with Crippen molar-refractivity contribution >= 4 is 23.2 Å². The summed E-state index contributed by atoms with van der Waals surface area (Å²) in [6.45, 7) is 1.87. The van der Waals surface area contributed by atoms with E-state index >= 15 is 0 Å². The maximum absolute atomic E-state index is 11.7. The molecule has 2 N–H and O–H groups in total. The molecule has 17 heavy (non-hydrogen) atoms. The lowest BCUT2D eigenvalue weighted by Gasteiger charge is -2.12. The van der Waals surface area contributed by atoms with Crippen LogP contribution in [0.5, 0.6) is 5.75 Å². The Morgan fingerprint density at radius 1 is 1.59 bits per heavy atom. The molecule has 1 unspecified atom stereocenters. The van der Waals surface area contributed by atoms with E-state index in [-0.39, 0.29) is 5.91 Å². The standard InChI is InChI=1S/C11H15NO4S/c1-3-4-8(11(14)15)12-10(13)9-5-7(16-2)6-17-9/h5-6,8H,3-4H2,1-2H3,(H,12,13)(H,14,15). The molecule has 0 aliphatic heterocycles. The molecule has 1 aromatic heterocycles. The normalized spacial score (nSPS) is 11.9. The second kappa shape index (κ2) is 6.24. The van der Waals surface area contributed by atoms with Crippen LogP contribution in [0.2, 0.25) is 0 Å². The van der Waals surface area contributed by atoms with Gasteiger partial charge in [-0.2, -0.15) is 0 Å². The summed E-state index contributed by atoms with van der Waals surface area (Å²) in [4.78, 5) is 23.1. The van der Waals surface area contributed by atoms with Gasteiger partial charge in [-0.15, -0.1) is 11.3 Å². The summed E-state index contributed by atoms with van der Waals surface area (Å²) < 4.78 is 4.96. The lowest BCUT2D eigenvalue weighted by molar-refractivity contribution is -0.139. The van der Waals surface area contributed by atoms with E-state index in [4.69, 9.17) is 9.84 Å². The van der Waals surface area contributed by atoms with Crippen LogP contribution in [-0.2, 0) is 4.79 Å². The van der Waals surface area contributed by atoms with E-state index in [2.05, 4.69) is 5.32 Å². The number of nitrogens with one attached hydrogen (secondary N) is 1. The number of carbonyl (C=O) groups excluding carboxylic acids is 1. The average molecular weight is 257 g/mol. The predicted octanol–water partition coefficient (Wildman–Crippen LogP) is 1.74. The van der Waals surface area contributed by atoms with Gasteiger partial charge in [0.05, 0.1) is 12.0 Å². The van der Waals surface area contributed by atoms with Crippen LogP contribution in [0.15, 0.2) is 11.4 Å². The Kier molecular flexibility index (Phi) is 4.96. The summed E-state index contributed by atoms with van der Waals surface area (Å²) in [6.07, 6.45) is 1.12. The lowest BCUT2D eigenvalue weighted by Crippen LogP contribution is -2.40. The van der Waals surface area contributed by atoms with Gasteiger partial charge < -0.3 is 15.2 Å². The third kappa shape index (κ3) is 3.74. The Morgan fingerprint density at radius 3 is 2.76 bits per heavy atom. The highest BCUT2D eigenvalue weighted by molar-refractivity contribution is 7.12. The van der Waals surface area contributed by atoms with Gasteiger partial charge in [0.15, 0.2) is 0 Å². The van der Waals surface area contributed by atoms with Crippen molar-refractivity contribution in [3.8, 4) is 5.75 Å². The van der Waals surface area contributed by atoms with Crippen LogP contribution in [-0.4, -0.2) is 30.1 Å². The van der Waals surface area contributed by atoms with Gasteiger partial charge in [-0.1, -0.05) is 13.3 Å². The van der Waals surface area contributed by atoms with Crippen molar-refractivity contribution in [3.05, 3.63) is 16.3 Å². The Morgan fingerprint density at radius 2 is 2.29 bits per heavy atom. The van der Waals surface area contributed by atoms with Gasteiger partial charge in [0.2, 0.25) is 0 Å². The van der Waals surface area contributed by atoms with Crippen LogP contribution in [0.1, 0.15) is 29.4 Å². The van der Waals surface area contributed by atoms with Gasteiger partial charge in [0.1, 0.15) is 11.8 Å². The lowest BCUT2D eigenvalue weighted by atomic mass is 10.1. The maximum atomic E-state index is 11.7. The summed E-state index contributed by atoms with van der Waals surface area (Å²) in [5.74, 6) is -0.787. The number of aliphatic carboxylic acids is 1. The first kappa shape index (κ1) is 13.5. The predicted molar refractivity (Wildman–Crippen MR) is 64.7 cm³/mol. The highest BCUT2D eigenvalue weighted by Crippen LogP contribution is 2.21. The van der Waals surface area contributed by atoms with Gasteiger partial charge in [0.25, 0.3) is 5.91 Å². The van der Waals surface area contributed by atoms with Gasteiger partial charge in [-0.25, -0.2) is 4.79 Å². The number of thiophene rings is 1. The van der Waals surface area contributed by atoms with E-state index in [9.17, 15) is 9.59 Å². The fourth-order valence-corrected chi connectivity index (χ4v) is 2.08. The van der Waals surface area contributed by atoms with E-state index in [1.807, 2.05) is 6.92 Å². The molecule has 0 aliphatic rings. The molecule has 0 aromatic carbocycles. The van der Waals surface area contributed by atoms with Gasteiger partial charge >= 0.3 is 5.97 Å². The van der Waals surface area contributed by atoms with Crippen LogP contribution >= 0.6 is 11.3 Å². The minimum atomic E-state index is -1.01. The number of hydrogen-bond acceptors (Lipinski definition) is 4. The Balaban J connectivity index is 2.66. The minimum absolute atomic E-state index is 0.376. The third-order valence-corrected chi connectivity index (χ3v) is 3.12. The molecule has 1 atom stereocenters. The molecule has 0 saturated heterocycles. The van der Waals surface area contributed by atoms with Crippen molar-refractivity contribution in [2.75, 3.05) is 7.11 Å². The summed E-state index contributed by atoms with van der Waals surface area (Å²) in [7, 11) is 1.51. The Labute approximate surface area is 103 Å². The first-order chi connectivity index (χ1) is 8.08. The topological polar surface area (TPSA) is 75.6 Å². The zero-order valence-corrected chi connectivity index (χ0v) is 10.5. The molecule has 0 aliphatic carbocycles. The number of carbonyl (C=O) groups is 2. The van der Waals surface area contributed by atoms with E-state index in [1.165, 1.54) is 18.4 Å². The average Bonchev–Trinajstić information content (AvgIpc) is 2.76. The molecule has 0 bridgehead atoms. The first-order valence-corrected chi connectivity index (χ1v) is 6.12. The van der Waals surface area contributed by atoms with E-state index in [1.54, 1.807) is 11.4 Å². The molecule has 0 radical (unpaired) electrons. The summed E-state index contributed by atoms with van der Waals surface area (Å²) >= 11 is 1.22. The van der Waals surface area contributed by atoms with Crippen LogP contribution in [0.25, 0.3) is 0 Å². The number of carboxylic acids is 1. The Bertz CT molecular complexity index is 402. The molecule has 0 spiro atoms. The molecular formula is C11H15NO4S. The molecule has 5 nitrogen and oxygen atoms in total. The molecule has 1 heterocycles. The molecule has 94 valence electrons. The van der Waals surface area contributed by atoms with E-state index in [0.717, 1.165) is 0 Å². The second-order valence-corrected chi connectivity index (χ2v) is 4.41. The fourth-order valence-electron chi connectivity index (χ4n) is 1.32. The monoisotopic (exact) mass is 257 g/mol. The number of ether oxygens (including phenoxy) is 1. The van der Waals surface area contributed by atoms with Crippen molar-refractivity contribution in [3.63, 3.8) is 0 Å².